The number of aliphatic carboxylic acids is 1. The Morgan fingerprint density at radius 3 is 2.93 bits per heavy atom. The van der Waals surface area contributed by atoms with E-state index in [1.54, 1.807) is 0 Å². The number of nitrogens with one attached hydrogen (secondary N) is 1. The summed E-state index contributed by atoms with van der Waals surface area (Å²) < 4.78 is 0. The largest absolute Gasteiger partial charge is 0.480 e. The summed E-state index contributed by atoms with van der Waals surface area (Å²) >= 11 is 1.41. The van der Waals surface area contributed by atoms with Crippen LogP contribution >= 0.6 is 11.8 Å². The van der Waals surface area contributed by atoms with Gasteiger partial charge in [0, 0.05) is 19.6 Å². The van der Waals surface area contributed by atoms with Crippen molar-refractivity contribution in [1.82, 2.24) is 10.2 Å². The van der Waals surface area contributed by atoms with E-state index < -0.39 is 12.0 Å². The van der Waals surface area contributed by atoms with E-state index in [9.17, 15) is 9.59 Å². The first-order chi connectivity index (χ1) is 6.66. The second-order valence-corrected chi connectivity index (χ2v) is 3.94. The number of carbonyl (C=O) groups excluding carboxylic acids is 1. The molecule has 0 spiro atoms. The molecule has 1 atom stereocenters. The van der Waals surface area contributed by atoms with Crippen LogP contribution in [0.4, 0.5) is 0 Å². The second-order valence-electron chi connectivity index (χ2n) is 3.08. The maximum Gasteiger partial charge on any atom is 0.327 e. The molecular weight excluding hydrogens is 204 g/mol. The summed E-state index contributed by atoms with van der Waals surface area (Å²) in [6, 6.07) is -0.705. The first kappa shape index (κ1) is 11.3. The highest BCUT2D eigenvalue weighted by Gasteiger charge is 2.31. The zero-order valence-electron chi connectivity index (χ0n) is 8.02. The highest BCUT2D eigenvalue weighted by molar-refractivity contribution is 7.99. The summed E-state index contributed by atoms with van der Waals surface area (Å²) in [5, 5.41) is 11.8. The molecule has 0 aliphatic carbocycles. The highest BCUT2D eigenvalue weighted by Crippen LogP contribution is 2.06. The van der Waals surface area contributed by atoms with Crippen molar-refractivity contribution < 1.29 is 14.7 Å². The predicted molar refractivity (Wildman–Crippen MR) is 54.4 cm³/mol. The molecule has 1 amide bonds. The van der Waals surface area contributed by atoms with Crippen LogP contribution in [0.1, 0.15) is 0 Å². The molecule has 5 nitrogen and oxygen atoms in total. The minimum absolute atomic E-state index is 0.0913. The SMILES string of the molecule is CSCC(=O)N1CCNCC1C(=O)O. The predicted octanol–water partition coefficient (Wildman–Crippen LogP) is -0.766. The number of carbonyl (C=O) groups is 2. The molecule has 1 rings (SSSR count). The zero-order valence-corrected chi connectivity index (χ0v) is 8.84. The van der Waals surface area contributed by atoms with Crippen LogP contribution in [-0.2, 0) is 9.59 Å². The average molecular weight is 218 g/mol. The number of hydrogen-bond donors (Lipinski definition) is 2. The standard InChI is InChI=1S/C8H14N2O3S/c1-14-5-7(11)10-3-2-9-4-6(10)8(12)13/h6,9H,2-5H2,1H3,(H,12,13). The smallest absolute Gasteiger partial charge is 0.327 e. The molecule has 80 valence electrons. The Kier molecular flexibility index (Phi) is 4.21. The van der Waals surface area contributed by atoms with Crippen LogP contribution in [0.2, 0.25) is 0 Å². The summed E-state index contributed by atoms with van der Waals surface area (Å²) in [7, 11) is 0. The number of rotatable bonds is 3. The monoisotopic (exact) mass is 218 g/mol. The van der Waals surface area contributed by atoms with Gasteiger partial charge in [-0.2, -0.15) is 11.8 Å². The molecule has 1 aliphatic rings. The van der Waals surface area contributed by atoms with Gasteiger partial charge in [-0.25, -0.2) is 4.79 Å². The Bertz CT molecular complexity index is 235. The van der Waals surface area contributed by atoms with E-state index in [1.165, 1.54) is 16.7 Å². The van der Waals surface area contributed by atoms with Crippen LogP contribution < -0.4 is 5.32 Å². The minimum atomic E-state index is -0.938. The van der Waals surface area contributed by atoms with Crippen molar-refractivity contribution >= 4 is 23.6 Å². The Morgan fingerprint density at radius 1 is 1.64 bits per heavy atom. The maximum absolute atomic E-state index is 11.5. The van der Waals surface area contributed by atoms with Gasteiger partial charge in [0.1, 0.15) is 6.04 Å². The molecule has 2 N–H and O–H groups in total. The molecule has 1 fully saturated rings. The lowest BCUT2D eigenvalue weighted by molar-refractivity contribution is -0.150. The lowest BCUT2D eigenvalue weighted by Gasteiger charge is -2.33. The van der Waals surface area contributed by atoms with Gasteiger partial charge in [-0.05, 0) is 6.26 Å². The van der Waals surface area contributed by atoms with Crippen molar-refractivity contribution in [3.8, 4) is 0 Å². The fraction of sp³-hybridized carbons (Fsp3) is 0.750. The van der Waals surface area contributed by atoms with Crippen LogP contribution in [0, 0.1) is 0 Å². The van der Waals surface area contributed by atoms with E-state index in [0.29, 0.717) is 25.4 Å². The number of nitrogens with zero attached hydrogens (tertiary/aromatic N) is 1. The third-order valence-electron chi connectivity index (χ3n) is 2.12. The Hall–Kier alpha value is -0.750. The maximum atomic E-state index is 11.5. The van der Waals surface area contributed by atoms with E-state index in [2.05, 4.69) is 5.32 Å². The van der Waals surface area contributed by atoms with Gasteiger partial charge in [0.25, 0.3) is 0 Å². The number of amides is 1. The van der Waals surface area contributed by atoms with Crippen LogP contribution in [0.5, 0.6) is 0 Å². The summed E-state index contributed by atoms with van der Waals surface area (Å²) in [4.78, 5) is 23.8. The lowest BCUT2D eigenvalue weighted by Crippen LogP contribution is -2.57. The van der Waals surface area contributed by atoms with E-state index in [4.69, 9.17) is 5.11 Å². The quantitative estimate of drug-likeness (QED) is 0.651. The summed E-state index contributed by atoms with van der Waals surface area (Å²) in [6.07, 6.45) is 1.83. The van der Waals surface area contributed by atoms with Crippen LogP contribution in [0.25, 0.3) is 0 Å². The number of thioether (sulfide) groups is 1. The van der Waals surface area contributed by atoms with Gasteiger partial charge in [0.15, 0.2) is 0 Å². The highest BCUT2D eigenvalue weighted by atomic mass is 32.2. The molecule has 0 aromatic rings. The molecule has 0 aromatic carbocycles. The van der Waals surface area contributed by atoms with Gasteiger partial charge in [-0.3, -0.25) is 4.79 Å². The van der Waals surface area contributed by atoms with E-state index >= 15 is 0 Å². The van der Waals surface area contributed by atoms with Gasteiger partial charge in [-0.15, -0.1) is 0 Å². The molecule has 6 heteroatoms. The number of hydrogen-bond acceptors (Lipinski definition) is 4. The third kappa shape index (κ3) is 2.62. The van der Waals surface area contributed by atoms with Gasteiger partial charge in [0.2, 0.25) is 5.91 Å². The first-order valence-corrected chi connectivity index (χ1v) is 5.78. The van der Waals surface area contributed by atoms with Crippen LogP contribution in [0.3, 0.4) is 0 Å². The molecule has 0 saturated carbocycles. The lowest BCUT2D eigenvalue weighted by atomic mass is 10.2. The molecule has 1 heterocycles. The topological polar surface area (TPSA) is 69.6 Å². The molecule has 0 aromatic heterocycles. The van der Waals surface area contributed by atoms with E-state index in [-0.39, 0.29) is 5.91 Å². The summed E-state index contributed by atoms with van der Waals surface area (Å²) in [5.41, 5.74) is 0. The van der Waals surface area contributed by atoms with Crippen molar-refractivity contribution in [2.45, 2.75) is 6.04 Å². The van der Waals surface area contributed by atoms with Gasteiger partial charge in [0.05, 0.1) is 5.75 Å². The Morgan fingerprint density at radius 2 is 2.36 bits per heavy atom. The summed E-state index contributed by atoms with van der Waals surface area (Å²) in [5.74, 6) is -0.679. The molecule has 1 aliphatic heterocycles. The van der Waals surface area contributed by atoms with E-state index in [0.717, 1.165) is 0 Å². The number of piperazine rings is 1. The van der Waals surface area contributed by atoms with E-state index in [1.807, 2.05) is 6.26 Å². The average Bonchev–Trinajstić information content (AvgIpc) is 2.18. The van der Waals surface area contributed by atoms with Crippen molar-refractivity contribution in [3.63, 3.8) is 0 Å². The molecule has 0 radical (unpaired) electrons. The molecular formula is C8H14N2O3S. The van der Waals surface area contributed by atoms with Crippen molar-refractivity contribution in [3.05, 3.63) is 0 Å². The Balaban J connectivity index is 2.62. The number of carboxylic acid groups (broad SMARTS) is 1. The molecule has 1 unspecified atom stereocenters. The minimum Gasteiger partial charge on any atom is -0.480 e. The van der Waals surface area contributed by atoms with Crippen molar-refractivity contribution in [2.24, 2.45) is 0 Å². The first-order valence-electron chi connectivity index (χ1n) is 4.38. The summed E-state index contributed by atoms with van der Waals surface area (Å²) in [6.45, 7) is 1.50. The molecule has 1 saturated heterocycles. The van der Waals surface area contributed by atoms with Gasteiger partial charge in [-0.1, -0.05) is 0 Å². The fourth-order valence-electron chi connectivity index (χ4n) is 1.43. The fourth-order valence-corrected chi connectivity index (χ4v) is 1.84. The normalized spacial score (nSPS) is 22.1. The molecule has 14 heavy (non-hydrogen) atoms. The van der Waals surface area contributed by atoms with Crippen LogP contribution in [-0.4, -0.2) is 59.6 Å². The van der Waals surface area contributed by atoms with Crippen LogP contribution in [0.15, 0.2) is 0 Å². The third-order valence-corrected chi connectivity index (χ3v) is 2.65. The number of carboxylic acids is 1. The van der Waals surface area contributed by atoms with Crippen molar-refractivity contribution in [2.75, 3.05) is 31.6 Å². The van der Waals surface area contributed by atoms with Gasteiger partial charge >= 0.3 is 5.97 Å². The second kappa shape index (κ2) is 5.21. The van der Waals surface area contributed by atoms with Crippen molar-refractivity contribution in [1.29, 1.82) is 0 Å². The molecule has 0 bridgehead atoms. The zero-order chi connectivity index (χ0) is 10.6. The van der Waals surface area contributed by atoms with Gasteiger partial charge < -0.3 is 15.3 Å². The Labute approximate surface area is 86.8 Å².